The third-order valence-corrected chi connectivity index (χ3v) is 3.22. The van der Waals surface area contributed by atoms with Crippen LogP contribution in [0.4, 0.5) is 11.4 Å². The molecule has 1 rings (SSSR count). The van der Waals surface area contributed by atoms with Crippen molar-refractivity contribution in [1.82, 2.24) is 4.90 Å². The molecule has 5 N–H and O–H groups in total. The van der Waals surface area contributed by atoms with Gasteiger partial charge in [0, 0.05) is 18.2 Å². The lowest BCUT2D eigenvalue weighted by atomic mass is 10.1. The van der Waals surface area contributed by atoms with Gasteiger partial charge in [0.2, 0.25) is 5.91 Å². The van der Waals surface area contributed by atoms with Crippen molar-refractivity contribution >= 4 is 17.3 Å². The Bertz CT molecular complexity index is 431. The van der Waals surface area contributed by atoms with Gasteiger partial charge in [0.1, 0.15) is 0 Å². The Labute approximate surface area is 115 Å². The monoisotopic (exact) mass is 264 g/mol. The lowest BCUT2D eigenvalue weighted by Gasteiger charge is -2.21. The Morgan fingerprint density at radius 3 is 2.68 bits per heavy atom. The van der Waals surface area contributed by atoms with Crippen LogP contribution in [0.15, 0.2) is 18.2 Å². The number of nitrogens with zero attached hydrogens (tertiary/aromatic N) is 1. The quantitative estimate of drug-likeness (QED) is 0.515. The molecule has 106 valence electrons. The predicted octanol–water partition coefficient (Wildman–Crippen LogP) is 1.51. The van der Waals surface area contributed by atoms with Crippen LogP contribution in [0.5, 0.6) is 0 Å². The van der Waals surface area contributed by atoms with E-state index < -0.39 is 5.91 Å². The van der Waals surface area contributed by atoms with Crippen LogP contribution in [0.25, 0.3) is 0 Å². The summed E-state index contributed by atoms with van der Waals surface area (Å²) in [4.78, 5) is 13.4. The first kappa shape index (κ1) is 15.3. The van der Waals surface area contributed by atoms with Crippen molar-refractivity contribution in [2.45, 2.75) is 26.3 Å². The van der Waals surface area contributed by atoms with Crippen LogP contribution in [-0.2, 0) is 0 Å². The Kier molecular flexibility index (Phi) is 5.63. The SMILES string of the molecule is CC(C)N(C)CCCNc1cc(C(N)=O)ccc1N. The normalized spacial score (nSPS) is 11.0. The standard InChI is InChI=1S/C14H24N4O/c1-10(2)18(3)8-4-7-17-13-9-11(14(16)19)5-6-12(13)15/h5-6,9-10,17H,4,7-8,15H2,1-3H3,(H2,16,19). The van der Waals surface area contributed by atoms with Crippen LogP contribution in [0.3, 0.4) is 0 Å². The summed E-state index contributed by atoms with van der Waals surface area (Å²) in [6.45, 7) is 6.16. The first-order valence-corrected chi connectivity index (χ1v) is 6.55. The number of benzene rings is 1. The molecule has 0 fully saturated rings. The zero-order chi connectivity index (χ0) is 14.4. The molecule has 0 heterocycles. The first-order valence-electron chi connectivity index (χ1n) is 6.55. The van der Waals surface area contributed by atoms with Gasteiger partial charge in [-0.2, -0.15) is 0 Å². The summed E-state index contributed by atoms with van der Waals surface area (Å²) >= 11 is 0. The lowest BCUT2D eigenvalue weighted by Crippen LogP contribution is -2.28. The Balaban J connectivity index is 2.49. The minimum atomic E-state index is -0.442. The fraction of sp³-hybridized carbons (Fsp3) is 0.500. The molecule has 5 heteroatoms. The number of carbonyl (C=O) groups excluding carboxylic acids is 1. The lowest BCUT2D eigenvalue weighted by molar-refractivity contribution is 0.100. The van der Waals surface area contributed by atoms with Crippen molar-refractivity contribution < 1.29 is 4.79 Å². The van der Waals surface area contributed by atoms with E-state index in [1.807, 2.05) is 0 Å². The zero-order valence-corrected chi connectivity index (χ0v) is 11.9. The highest BCUT2D eigenvalue weighted by atomic mass is 16.1. The van der Waals surface area contributed by atoms with Crippen molar-refractivity contribution in [2.75, 3.05) is 31.2 Å². The fourth-order valence-electron chi connectivity index (χ4n) is 1.67. The largest absolute Gasteiger partial charge is 0.397 e. The second kappa shape index (κ2) is 6.99. The topological polar surface area (TPSA) is 84.4 Å². The first-order chi connectivity index (χ1) is 8.91. The molecule has 0 aromatic heterocycles. The van der Waals surface area contributed by atoms with Crippen LogP contribution in [0.2, 0.25) is 0 Å². The molecule has 0 aliphatic rings. The average molecular weight is 264 g/mol. The molecule has 5 nitrogen and oxygen atoms in total. The van der Waals surface area contributed by atoms with E-state index in [4.69, 9.17) is 11.5 Å². The molecule has 0 unspecified atom stereocenters. The predicted molar refractivity (Wildman–Crippen MR) is 80.2 cm³/mol. The van der Waals surface area contributed by atoms with Crippen molar-refractivity contribution in [3.63, 3.8) is 0 Å². The highest BCUT2D eigenvalue weighted by molar-refractivity contribution is 5.94. The van der Waals surface area contributed by atoms with Crippen LogP contribution in [-0.4, -0.2) is 37.0 Å². The minimum Gasteiger partial charge on any atom is -0.397 e. The second-order valence-corrected chi connectivity index (χ2v) is 5.02. The average Bonchev–Trinajstić information content (AvgIpc) is 2.35. The molecule has 0 saturated heterocycles. The molecule has 0 aliphatic carbocycles. The van der Waals surface area contributed by atoms with Gasteiger partial charge < -0.3 is 21.7 Å². The Morgan fingerprint density at radius 1 is 1.42 bits per heavy atom. The molecule has 1 aromatic carbocycles. The number of nitrogens with two attached hydrogens (primary N) is 2. The van der Waals surface area contributed by atoms with Gasteiger partial charge in [0.15, 0.2) is 0 Å². The number of hydrogen-bond donors (Lipinski definition) is 3. The molecular weight excluding hydrogens is 240 g/mol. The van der Waals surface area contributed by atoms with Crippen molar-refractivity contribution in [3.8, 4) is 0 Å². The van der Waals surface area contributed by atoms with Crippen LogP contribution in [0.1, 0.15) is 30.6 Å². The van der Waals surface area contributed by atoms with E-state index in [2.05, 4.69) is 31.1 Å². The highest BCUT2D eigenvalue weighted by Crippen LogP contribution is 2.19. The summed E-state index contributed by atoms with van der Waals surface area (Å²) in [5, 5.41) is 3.24. The highest BCUT2D eigenvalue weighted by Gasteiger charge is 2.05. The number of primary amides is 1. The number of nitrogen functional groups attached to an aromatic ring is 1. The smallest absolute Gasteiger partial charge is 0.248 e. The molecule has 1 amide bonds. The summed E-state index contributed by atoms with van der Waals surface area (Å²) < 4.78 is 0. The van der Waals surface area contributed by atoms with E-state index in [9.17, 15) is 4.79 Å². The number of nitrogens with one attached hydrogen (secondary N) is 1. The number of anilines is 2. The van der Waals surface area contributed by atoms with Gasteiger partial charge in [-0.1, -0.05) is 0 Å². The molecule has 0 spiro atoms. The van der Waals surface area contributed by atoms with Gasteiger partial charge in [0.05, 0.1) is 11.4 Å². The number of amides is 1. The maximum atomic E-state index is 11.1. The van der Waals surface area contributed by atoms with E-state index in [1.165, 1.54) is 0 Å². The van der Waals surface area contributed by atoms with Crippen LogP contribution >= 0.6 is 0 Å². The zero-order valence-electron chi connectivity index (χ0n) is 11.9. The summed E-state index contributed by atoms with van der Waals surface area (Å²) in [7, 11) is 2.10. The van der Waals surface area contributed by atoms with E-state index in [0.717, 1.165) is 25.2 Å². The summed E-state index contributed by atoms with van der Waals surface area (Å²) in [5.41, 5.74) is 13.0. The summed E-state index contributed by atoms with van der Waals surface area (Å²) in [5.74, 6) is -0.442. The van der Waals surface area contributed by atoms with E-state index in [1.54, 1.807) is 18.2 Å². The van der Waals surface area contributed by atoms with E-state index in [-0.39, 0.29) is 0 Å². The minimum absolute atomic E-state index is 0.442. The van der Waals surface area contributed by atoms with Crippen molar-refractivity contribution in [2.24, 2.45) is 5.73 Å². The van der Waals surface area contributed by atoms with Gasteiger partial charge in [-0.05, 0) is 52.1 Å². The van der Waals surface area contributed by atoms with E-state index in [0.29, 0.717) is 17.3 Å². The Hall–Kier alpha value is -1.75. The molecular formula is C14H24N4O. The van der Waals surface area contributed by atoms with E-state index >= 15 is 0 Å². The molecule has 0 radical (unpaired) electrons. The van der Waals surface area contributed by atoms with Gasteiger partial charge in [-0.15, -0.1) is 0 Å². The maximum Gasteiger partial charge on any atom is 0.248 e. The Morgan fingerprint density at radius 2 is 2.11 bits per heavy atom. The van der Waals surface area contributed by atoms with Gasteiger partial charge >= 0.3 is 0 Å². The van der Waals surface area contributed by atoms with Crippen LogP contribution < -0.4 is 16.8 Å². The number of carbonyl (C=O) groups is 1. The number of rotatable bonds is 7. The summed E-state index contributed by atoms with van der Waals surface area (Å²) in [6.07, 6.45) is 1.01. The molecule has 0 saturated carbocycles. The molecule has 0 bridgehead atoms. The third kappa shape index (κ3) is 4.79. The van der Waals surface area contributed by atoms with Gasteiger partial charge in [-0.25, -0.2) is 0 Å². The molecule has 19 heavy (non-hydrogen) atoms. The van der Waals surface area contributed by atoms with Crippen molar-refractivity contribution in [1.29, 1.82) is 0 Å². The third-order valence-electron chi connectivity index (χ3n) is 3.22. The van der Waals surface area contributed by atoms with Crippen molar-refractivity contribution in [3.05, 3.63) is 23.8 Å². The molecule has 0 aliphatic heterocycles. The number of hydrogen-bond acceptors (Lipinski definition) is 4. The van der Waals surface area contributed by atoms with Crippen LogP contribution in [0, 0.1) is 0 Å². The van der Waals surface area contributed by atoms with Gasteiger partial charge in [0.25, 0.3) is 0 Å². The van der Waals surface area contributed by atoms with Gasteiger partial charge in [-0.3, -0.25) is 4.79 Å². The molecule has 1 aromatic rings. The maximum absolute atomic E-state index is 11.1. The summed E-state index contributed by atoms with van der Waals surface area (Å²) in [6, 6.07) is 5.57. The second-order valence-electron chi connectivity index (χ2n) is 5.02. The fourth-order valence-corrected chi connectivity index (χ4v) is 1.67. The molecule has 0 atom stereocenters.